The molecule has 0 unspecified atom stereocenters. The van der Waals surface area contributed by atoms with Crippen LogP contribution in [0.15, 0.2) is 24.3 Å². The van der Waals surface area contributed by atoms with Crippen molar-refractivity contribution in [1.82, 2.24) is 0 Å². The molecule has 1 aromatic carbocycles. The Morgan fingerprint density at radius 1 is 0.917 bits per heavy atom. The molecule has 138 valence electrons. The van der Waals surface area contributed by atoms with E-state index in [1.807, 2.05) is 58.9 Å². The molecule has 3 aliphatic rings. The van der Waals surface area contributed by atoms with Crippen LogP contribution in [0, 0.1) is 12.3 Å². The van der Waals surface area contributed by atoms with Gasteiger partial charge in [0.2, 0.25) is 6.41 Å². The molecule has 1 amide bonds. The Bertz CT molecular complexity index is 411. The van der Waals surface area contributed by atoms with Crippen molar-refractivity contribution in [2.45, 2.75) is 85.6 Å². The maximum absolute atomic E-state index is 9.95. The Labute approximate surface area is 149 Å². The number of anilines is 1. The summed E-state index contributed by atoms with van der Waals surface area (Å²) in [6.45, 7) is 12.4. The highest BCUT2D eigenvalue weighted by molar-refractivity contribution is 5.70. The zero-order valence-corrected chi connectivity index (χ0v) is 16.6. The number of aryl methyl sites for hydroxylation is 1. The molecule has 0 radical (unpaired) electrons. The lowest BCUT2D eigenvalue weighted by Crippen LogP contribution is -2.50. The predicted molar refractivity (Wildman–Crippen MR) is 106 cm³/mol. The molecule has 0 saturated heterocycles. The second-order valence-electron chi connectivity index (χ2n) is 6.80. The van der Waals surface area contributed by atoms with Crippen molar-refractivity contribution in [1.29, 1.82) is 0 Å². The van der Waals surface area contributed by atoms with Crippen molar-refractivity contribution in [3.63, 3.8) is 0 Å². The summed E-state index contributed by atoms with van der Waals surface area (Å²) in [6, 6.07) is 7.63. The smallest absolute Gasteiger partial charge is 0.211 e. The molecular weight excluding hydrogens is 296 g/mol. The van der Waals surface area contributed by atoms with E-state index < -0.39 is 0 Å². The molecule has 3 nitrogen and oxygen atoms in total. The highest BCUT2D eigenvalue weighted by Crippen LogP contribution is 2.50. The minimum atomic E-state index is 0.262. The molecular formula is C21H38N2O. The zero-order valence-electron chi connectivity index (χ0n) is 16.6. The minimum Gasteiger partial charge on any atom is -0.329 e. The first-order chi connectivity index (χ1) is 11.4. The van der Waals surface area contributed by atoms with E-state index in [1.54, 1.807) is 0 Å². The molecule has 3 fully saturated rings. The average molecular weight is 335 g/mol. The van der Waals surface area contributed by atoms with E-state index in [0.717, 1.165) is 5.69 Å². The Balaban J connectivity index is 0.000000366. The van der Waals surface area contributed by atoms with Crippen LogP contribution in [0.25, 0.3) is 0 Å². The van der Waals surface area contributed by atoms with E-state index >= 15 is 0 Å². The maximum atomic E-state index is 9.95. The van der Waals surface area contributed by atoms with Crippen molar-refractivity contribution in [2.24, 2.45) is 11.1 Å². The van der Waals surface area contributed by atoms with E-state index in [1.165, 1.54) is 44.1 Å². The second-order valence-corrected chi connectivity index (χ2v) is 6.80. The summed E-state index contributed by atoms with van der Waals surface area (Å²) >= 11 is 0. The van der Waals surface area contributed by atoms with Crippen LogP contribution in [0.4, 0.5) is 5.69 Å². The number of nitrogens with one attached hydrogen (secondary N) is 1. The SMILES string of the molecule is CC.CC.CC12CCC(N)(CC1)CC2.Cc1ccc(NC=O)cc1. The normalized spacial score (nSPS) is 26.5. The van der Waals surface area contributed by atoms with Crippen molar-refractivity contribution < 1.29 is 4.79 Å². The number of rotatable bonds is 2. The van der Waals surface area contributed by atoms with Crippen molar-refractivity contribution in [3.05, 3.63) is 29.8 Å². The molecule has 24 heavy (non-hydrogen) atoms. The van der Waals surface area contributed by atoms with Crippen LogP contribution < -0.4 is 11.1 Å². The molecule has 0 heterocycles. The number of nitrogens with two attached hydrogens (primary N) is 1. The van der Waals surface area contributed by atoms with Gasteiger partial charge in [-0.15, -0.1) is 0 Å². The molecule has 0 aromatic heterocycles. The Kier molecular flexibility index (Phi) is 10.6. The van der Waals surface area contributed by atoms with Crippen molar-refractivity contribution >= 4 is 12.1 Å². The van der Waals surface area contributed by atoms with E-state index in [2.05, 4.69) is 12.2 Å². The van der Waals surface area contributed by atoms with Gasteiger partial charge < -0.3 is 11.1 Å². The van der Waals surface area contributed by atoms with Gasteiger partial charge >= 0.3 is 0 Å². The third kappa shape index (κ3) is 7.48. The first-order valence-electron chi connectivity index (χ1n) is 9.51. The lowest BCUT2D eigenvalue weighted by molar-refractivity contribution is -0.105. The van der Waals surface area contributed by atoms with Gasteiger partial charge in [-0.3, -0.25) is 4.79 Å². The molecule has 0 spiro atoms. The number of hydrogen-bond donors (Lipinski definition) is 2. The Morgan fingerprint density at radius 2 is 1.33 bits per heavy atom. The van der Waals surface area contributed by atoms with Crippen LogP contribution >= 0.6 is 0 Å². The van der Waals surface area contributed by atoms with Gasteiger partial charge in [-0.05, 0) is 63.0 Å². The minimum absolute atomic E-state index is 0.262. The highest BCUT2D eigenvalue weighted by atomic mass is 16.1. The van der Waals surface area contributed by atoms with E-state index in [4.69, 9.17) is 5.73 Å². The van der Waals surface area contributed by atoms with Crippen molar-refractivity contribution in [3.8, 4) is 0 Å². The summed E-state index contributed by atoms with van der Waals surface area (Å²) in [7, 11) is 0. The van der Waals surface area contributed by atoms with Gasteiger partial charge in [-0.2, -0.15) is 0 Å². The predicted octanol–water partition coefficient (Wildman–Crippen LogP) is 5.67. The van der Waals surface area contributed by atoms with Crippen molar-refractivity contribution in [2.75, 3.05) is 5.32 Å². The summed E-state index contributed by atoms with van der Waals surface area (Å²) in [5, 5.41) is 2.55. The summed E-state index contributed by atoms with van der Waals surface area (Å²) in [6.07, 6.45) is 8.65. The van der Waals surface area contributed by atoms with Gasteiger partial charge in [0.15, 0.2) is 0 Å². The largest absolute Gasteiger partial charge is 0.329 e. The Morgan fingerprint density at radius 3 is 1.67 bits per heavy atom. The molecule has 3 heteroatoms. The van der Waals surface area contributed by atoms with Gasteiger partial charge in [0, 0.05) is 11.2 Å². The third-order valence-corrected chi connectivity index (χ3v) is 4.96. The molecule has 2 bridgehead atoms. The van der Waals surface area contributed by atoms with Gasteiger partial charge in [-0.1, -0.05) is 52.3 Å². The van der Waals surface area contributed by atoms with E-state index in [0.29, 0.717) is 11.8 Å². The van der Waals surface area contributed by atoms with Gasteiger partial charge in [0.1, 0.15) is 0 Å². The number of carbonyl (C=O) groups excluding carboxylic acids is 1. The fourth-order valence-corrected chi connectivity index (χ4v) is 3.12. The molecule has 3 N–H and O–H groups in total. The lowest BCUT2D eigenvalue weighted by atomic mass is 9.58. The molecule has 1 aromatic rings. The number of fused-ring (bicyclic) bond motifs is 3. The quantitative estimate of drug-likeness (QED) is 0.684. The van der Waals surface area contributed by atoms with Crippen LogP contribution in [0.2, 0.25) is 0 Å². The summed E-state index contributed by atoms with van der Waals surface area (Å²) < 4.78 is 0. The van der Waals surface area contributed by atoms with E-state index in [-0.39, 0.29) is 5.54 Å². The topological polar surface area (TPSA) is 55.1 Å². The lowest BCUT2D eigenvalue weighted by Gasteiger charge is -2.50. The maximum Gasteiger partial charge on any atom is 0.211 e. The van der Waals surface area contributed by atoms with Crippen LogP contribution in [0.1, 0.15) is 78.7 Å². The standard InChI is InChI=1S/C9H17N.C8H9NO.2C2H6/c1-8-2-5-9(10,6-3-8)7-4-8;1-7-2-4-8(5-3-7)9-6-10;2*1-2/h2-7,10H2,1H3;2-6H,1H3,(H,9,10);2*1-2H3. The molecule has 4 rings (SSSR count). The fraction of sp³-hybridized carbons (Fsp3) is 0.667. The molecule has 0 atom stereocenters. The highest BCUT2D eigenvalue weighted by Gasteiger charge is 2.43. The second kappa shape index (κ2) is 11.2. The number of hydrogen-bond acceptors (Lipinski definition) is 2. The molecule has 3 saturated carbocycles. The number of carbonyl (C=O) groups is 1. The van der Waals surface area contributed by atoms with Gasteiger partial charge in [0.25, 0.3) is 0 Å². The van der Waals surface area contributed by atoms with Crippen LogP contribution in [-0.4, -0.2) is 11.9 Å². The first kappa shape index (κ1) is 22.6. The fourth-order valence-electron chi connectivity index (χ4n) is 3.12. The zero-order chi connectivity index (χ0) is 18.6. The number of benzene rings is 1. The summed E-state index contributed by atoms with van der Waals surface area (Å²) in [5.74, 6) is 0. The first-order valence-corrected chi connectivity index (χ1v) is 9.51. The third-order valence-electron chi connectivity index (χ3n) is 4.96. The van der Waals surface area contributed by atoms with E-state index in [9.17, 15) is 4.79 Å². The van der Waals surface area contributed by atoms with Crippen LogP contribution in [0.5, 0.6) is 0 Å². The average Bonchev–Trinajstić information content (AvgIpc) is 2.63. The molecule has 0 aliphatic heterocycles. The number of amides is 1. The van der Waals surface area contributed by atoms with Gasteiger partial charge in [0.05, 0.1) is 0 Å². The monoisotopic (exact) mass is 334 g/mol. The summed E-state index contributed by atoms with van der Waals surface area (Å²) in [5.41, 5.74) is 9.12. The molecule has 3 aliphatic carbocycles. The van der Waals surface area contributed by atoms with Crippen LogP contribution in [0.3, 0.4) is 0 Å². The summed E-state index contributed by atoms with van der Waals surface area (Å²) in [4.78, 5) is 9.95. The van der Waals surface area contributed by atoms with Gasteiger partial charge in [-0.25, -0.2) is 0 Å². The van der Waals surface area contributed by atoms with Crippen LogP contribution in [-0.2, 0) is 4.79 Å². The Hall–Kier alpha value is -1.35.